The van der Waals surface area contributed by atoms with Crippen molar-refractivity contribution in [2.45, 2.75) is 31.1 Å². The molecule has 6 nitrogen and oxygen atoms in total. The van der Waals surface area contributed by atoms with E-state index < -0.39 is 12.0 Å². The third-order valence-electron chi connectivity index (χ3n) is 4.77. The van der Waals surface area contributed by atoms with Gasteiger partial charge >= 0.3 is 0 Å². The van der Waals surface area contributed by atoms with E-state index in [1.807, 2.05) is 12.1 Å². The number of aromatic amines is 1. The van der Waals surface area contributed by atoms with Crippen LogP contribution in [0.4, 0.5) is 8.78 Å². The van der Waals surface area contributed by atoms with Crippen molar-refractivity contribution in [1.29, 1.82) is 10.5 Å². The number of hydrogen-bond acceptors (Lipinski definition) is 6. The highest BCUT2D eigenvalue weighted by Gasteiger charge is 2.18. The first-order valence-corrected chi connectivity index (χ1v) is 10.4. The van der Waals surface area contributed by atoms with Gasteiger partial charge in [-0.05, 0) is 49.2 Å². The highest BCUT2D eigenvalue weighted by molar-refractivity contribution is 7.98. The van der Waals surface area contributed by atoms with Gasteiger partial charge in [-0.15, -0.1) is 11.8 Å². The van der Waals surface area contributed by atoms with Crippen LogP contribution in [0.3, 0.4) is 0 Å². The number of nitrogens with zero attached hydrogens (tertiary/aromatic N) is 3. The monoisotopic (exact) mass is 452 g/mol. The van der Waals surface area contributed by atoms with Crippen LogP contribution in [0.1, 0.15) is 40.1 Å². The minimum atomic E-state index is -2.75. The number of aromatic nitrogens is 2. The van der Waals surface area contributed by atoms with E-state index in [9.17, 15) is 24.1 Å². The molecule has 0 bridgehead atoms. The predicted molar refractivity (Wildman–Crippen MR) is 117 cm³/mol. The molecule has 0 atom stereocenters. The molecule has 0 saturated heterocycles. The molecule has 1 N–H and O–H groups in total. The summed E-state index contributed by atoms with van der Waals surface area (Å²) in [5.74, 6) is 0.816. The molecule has 0 unspecified atom stereocenters. The number of hydrogen-bond donors (Lipinski definition) is 1. The second-order valence-corrected chi connectivity index (χ2v) is 7.92. The van der Waals surface area contributed by atoms with Gasteiger partial charge in [-0.2, -0.15) is 10.5 Å². The number of aryl methyl sites for hydroxylation is 2. The van der Waals surface area contributed by atoms with E-state index in [-0.39, 0.29) is 27.6 Å². The molecule has 32 heavy (non-hydrogen) atoms. The normalized spacial score (nSPS) is 10.6. The number of thioether (sulfide) groups is 1. The van der Waals surface area contributed by atoms with Crippen LogP contribution in [0, 0.1) is 36.5 Å². The Morgan fingerprint density at radius 3 is 2.50 bits per heavy atom. The topological polar surface area (TPSA) is 103 Å². The van der Waals surface area contributed by atoms with E-state index in [1.54, 1.807) is 38.1 Å². The summed E-state index contributed by atoms with van der Waals surface area (Å²) in [6, 6.07) is 12.1. The Labute approximate surface area is 187 Å². The molecular weight excluding hydrogens is 434 g/mol. The summed E-state index contributed by atoms with van der Waals surface area (Å²) < 4.78 is 31.8. The Hall–Kier alpha value is -3.69. The van der Waals surface area contributed by atoms with Crippen LogP contribution < -0.4 is 10.3 Å². The Kier molecular flexibility index (Phi) is 6.92. The maximum absolute atomic E-state index is 13.2. The SMILES string of the molecule is COc1ccc(-c2cc(C)[nH]c(=O)c2C#N)cc1CSc1nc(C(F)F)cc(C)c1C#N. The molecule has 0 spiro atoms. The third kappa shape index (κ3) is 4.63. The van der Waals surface area contributed by atoms with E-state index in [4.69, 9.17) is 4.74 Å². The number of H-pyrrole nitrogens is 1. The average molecular weight is 452 g/mol. The summed E-state index contributed by atoms with van der Waals surface area (Å²) in [6.07, 6.45) is -2.75. The minimum absolute atomic E-state index is 0.00642. The van der Waals surface area contributed by atoms with Crippen LogP contribution in [0.2, 0.25) is 0 Å². The number of rotatable bonds is 6. The smallest absolute Gasteiger partial charge is 0.280 e. The zero-order chi connectivity index (χ0) is 23.4. The van der Waals surface area contributed by atoms with E-state index in [0.717, 1.165) is 11.8 Å². The van der Waals surface area contributed by atoms with Gasteiger partial charge < -0.3 is 9.72 Å². The molecule has 1 aromatic carbocycles. The fourth-order valence-electron chi connectivity index (χ4n) is 3.25. The highest BCUT2D eigenvalue weighted by atomic mass is 32.2. The van der Waals surface area contributed by atoms with E-state index in [2.05, 4.69) is 9.97 Å². The van der Waals surface area contributed by atoms with E-state index in [1.165, 1.54) is 13.2 Å². The maximum atomic E-state index is 13.2. The first-order valence-electron chi connectivity index (χ1n) is 9.43. The van der Waals surface area contributed by atoms with E-state index >= 15 is 0 Å². The molecule has 0 amide bonds. The molecule has 0 aliphatic heterocycles. The lowest BCUT2D eigenvalue weighted by Gasteiger charge is -2.13. The quantitative estimate of drug-likeness (QED) is 0.526. The van der Waals surface area contributed by atoms with Crippen molar-refractivity contribution in [3.8, 4) is 29.0 Å². The van der Waals surface area contributed by atoms with Gasteiger partial charge in [0, 0.05) is 22.6 Å². The summed E-state index contributed by atoms with van der Waals surface area (Å²) >= 11 is 1.14. The van der Waals surface area contributed by atoms with Crippen LogP contribution in [-0.4, -0.2) is 17.1 Å². The molecular formula is C23H18F2N4O2S. The fourth-order valence-corrected chi connectivity index (χ4v) is 4.29. The van der Waals surface area contributed by atoms with Crippen LogP contribution >= 0.6 is 11.8 Å². The first kappa shape index (κ1) is 23.0. The van der Waals surface area contributed by atoms with Crippen molar-refractivity contribution in [2.75, 3.05) is 7.11 Å². The van der Waals surface area contributed by atoms with Crippen molar-refractivity contribution in [2.24, 2.45) is 0 Å². The number of nitriles is 2. The number of halogens is 2. The Balaban J connectivity index is 2.04. The van der Waals surface area contributed by atoms with E-state index in [0.29, 0.717) is 33.7 Å². The molecule has 0 saturated carbocycles. The lowest BCUT2D eigenvalue weighted by molar-refractivity contribution is 0.145. The van der Waals surface area contributed by atoms with Crippen LogP contribution in [0.15, 0.2) is 40.2 Å². The summed E-state index contributed by atoms with van der Waals surface area (Å²) in [7, 11) is 1.50. The number of benzene rings is 1. The zero-order valence-corrected chi connectivity index (χ0v) is 18.3. The summed E-state index contributed by atoms with van der Waals surface area (Å²) in [4.78, 5) is 18.7. The Morgan fingerprint density at radius 2 is 1.88 bits per heavy atom. The average Bonchev–Trinajstić information content (AvgIpc) is 2.76. The summed E-state index contributed by atoms with van der Waals surface area (Å²) in [6.45, 7) is 3.32. The summed E-state index contributed by atoms with van der Waals surface area (Å²) in [5.41, 5.74) is 2.23. The van der Waals surface area contributed by atoms with Crippen molar-refractivity contribution in [3.63, 3.8) is 0 Å². The lowest BCUT2D eigenvalue weighted by atomic mass is 9.99. The van der Waals surface area contributed by atoms with Crippen LogP contribution in [0.25, 0.3) is 11.1 Å². The molecule has 9 heteroatoms. The Morgan fingerprint density at radius 1 is 1.16 bits per heavy atom. The molecule has 162 valence electrons. The van der Waals surface area contributed by atoms with Gasteiger partial charge in [0.1, 0.15) is 34.2 Å². The zero-order valence-electron chi connectivity index (χ0n) is 17.5. The van der Waals surface area contributed by atoms with Crippen LogP contribution in [0.5, 0.6) is 5.75 Å². The first-order chi connectivity index (χ1) is 15.3. The van der Waals surface area contributed by atoms with Gasteiger partial charge in [0.25, 0.3) is 12.0 Å². The highest BCUT2D eigenvalue weighted by Crippen LogP contribution is 2.34. The number of methoxy groups -OCH3 is 1. The molecule has 2 aromatic heterocycles. The molecule has 0 fully saturated rings. The molecule has 0 aliphatic carbocycles. The van der Waals surface area contributed by atoms with Crippen molar-refractivity contribution >= 4 is 11.8 Å². The van der Waals surface area contributed by atoms with Gasteiger partial charge in [0.05, 0.1) is 12.7 Å². The van der Waals surface area contributed by atoms with Gasteiger partial charge in [0.2, 0.25) is 0 Å². The molecule has 3 rings (SSSR count). The second-order valence-electron chi connectivity index (χ2n) is 6.95. The molecule has 2 heterocycles. The van der Waals surface area contributed by atoms with Gasteiger partial charge in [-0.3, -0.25) is 4.79 Å². The number of alkyl halides is 2. The van der Waals surface area contributed by atoms with Crippen molar-refractivity contribution in [1.82, 2.24) is 9.97 Å². The van der Waals surface area contributed by atoms with Gasteiger partial charge in [-0.1, -0.05) is 6.07 Å². The standard InChI is InChI=1S/C23H18F2N4O2S/c1-12-6-19(21(24)25)29-23(17(12)9-26)32-11-15-8-14(4-5-20(15)31-3)16-7-13(2)28-22(30)18(16)10-27/h4-8,21H,11H2,1-3H3,(H,28,30). The van der Waals surface area contributed by atoms with Gasteiger partial charge in [0.15, 0.2) is 0 Å². The number of ether oxygens (including phenoxy) is 1. The maximum Gasteiger partial charge on any atom is 0.280 e. The minimum Gasteiger partial charge on any atom is -0.496 e. The molecule has 3 aromatic rings. The predicted octanol–water partition coefficient (Wildman–Crippen LogP) is 5.04. The second kappa shape index (κ2) is 9.63. The number of nitrogens with one attached hydrogen (secondary N) is 1. The fraction of sp³-hybridized carbons (Fsp3) is 0.217. The van der Waals surface area contributed by atoms with Crippen molar-refractivity contribution < 1.29 is 13.5 Å². The van der Waals surface area contributed by atoms with Crippen LogP contribution in [-0.2, 0) is 5.75 Å². The number of pyridine rings is 2. The molecule has 0 aliphatic rings. The summed E-state index contributed by atoms with van der Waals surface area (Å²) in [5, 5.41) is 19.1. The lowest BCUT2D eigenvalue weighted by Crippen LogP contribution is -2.12. The largest absolute Gasteiger partial charge is 0.496 e. The Bertz CT molecular complexity index is 1320. The van der Waals surface area contributed by atoms with Gasteiger partial charge in [-0.25, -0.2) is 13.8 Å². The molecule has 0 radical (unpaired) electrons. The third-order valence-corrected chi connectivity index (χ3v) is 5.80. The van der Waals surface area contributed by atoms with Crippen molar-refractivity contribution in [3.05, 3.63) is 74.3 Å².